The Hall–Kier alpha value is -2.44. The third-order valence-electron chi connectivity index (χ3n) is 2.66. The van der Waals surface area contributed by atoms with Crippen LogP contribution in [0.1, 0.15) is 26.6 Å². The van der Waals surface area contributed by atoms with E-state index in [2.05, 4.69) is 15.5 Å². The molecule has 0 aliphatic carbocycles. The molecule has 0 saturated heterocycles. The summed E-state index contributed by atoms with van der Waals surface area (Å²) in [6, 6.07) is 3.62. The van der Waals surface area contributed by atoms with Gasteiger partial charge in [-0.1, -0.05) is 5.16 Å². The van der Waals surface area contributed by atoms with E-state index < -0.39 is 11.4 Å². The second-order valence-electron chi connectivity index (χ2n) is 4.89. The molecule has 0 atom stereocenters. The second-order valence-corrected chi connectivity index (χ2v) is 4.89. The van der Waals surface area contributed by atoms with Crippen molar-refractivity contribution in [2.75, 3.05) is 0 Å². The lowest BCUT2D eigenvalue weighted by molar-refractivity contribution is -0.120. The maximum Gasteiger partial charge on any atom is 0.260 e. The SMILES string of the molecule is CC(=O)NC(C)(C)c1noc(-c2ccc(O)cc2F)n1. The first-order chi connectivity index (χ1) is 9.29. The van der Waals surface area contributed by atoms with E-state index in [1.54, 1.807) is 13.8 Å². The monoisotopic (exact) mass is 279 g/mol. The summed E-state index contributed by atoms with van der Waals surface area (Å²) in [5.74, 6) is -0.884. The molecule has 0 spiro atoms. The average Bonchev–Trinajstić information content (AvgIpc) is 2.77. The molecule has 106 valence electrons. The van der Waals surface area contributed by atoms with Gasteiger partial charge in [-0.25, -0.2) is 4.39 Å². The van der Waals surface area contributed by atoms with Crippen molar-refractivity contribution in [1.82, 2.24) is 15.5 Å². The van der Waals surface area contributed by atoms with E-state index in [0.717, 1.165) is 6.07 Å². The van der Waals surface area contributed by atoms with Crippen LogP contribution in [0.15, 0.2) is 22.7 Å². The van der Waals surface area contributed by atoms with Gasteiger partial charge in [0.2, 0.25) is 5.91 Å². The van der Waals surface area contributed by atoms with Gasteiger partial charge >= 0.3 is 0 Å². The summed E-state index contributed by atoms with van der Waals surface area (Å²) in [7, 11) is 0. The van der Waals surface area contributed by atoms with Crippen molar-refractivity contribution >= 4 is 5.91 Å². The van der Waals surface area contributed by atoms with Gasteiger partial charge in [-0.15, -0.1) is 0 Å². The largest absolute Gasteiger partial charge is 0.508 e. The number of nitrogens with one attached hydrogen (secondary N) is 1. The van der Waals surface area contributed by atoms with Gasteiger partial charge < -0.3 is 14.9 Å². The number of phenols is 1. The van der Waals surface area contributed by atoms with Crippen molar-refractivity contribution in [3.63, 3.8) is 0 Å². The highest BCUT2D eigenvalue weighted by atomic mass is 19.1. The van der Waals surface area contributed by atoms with Crippen LogP contribution in [0.5, 0.6) is 5.75 Å². The highest BCUT2D eigenvalue weighted by molar-refractivity contribution is 5.73. The van der Waals surface area contributed by atoms with E-state index in [1.165, 1.54) is 19.1 Å². The normalized spacial score (nSPS) is 11.4. The third kappa shape index (κ3) is 2.76. The van der Waals surface area contributed by atoms with E-state index >= 15 is 0 Å². The topological polar surface area (TPSA) is 88.2 Å². The minimum atomic E-state index is -0.832. The number of rotatable bonds is 3. The fourth-order valence-corrected chi connectivity index (χ4v) is 1.76. The first kappa shape index (κ1) is 14.0. The highest BCUT2D eigenvalue weighted by Crippen LogP contribution is 2.26. The number of benzene rings is 1. The van der Waals surface area contributed by atoms with Crippen LogP contribution < -0.4 is 5.32 Å². The van der Waals surface area contributed by atoms with Crippen LogP contribution in [-0.2, 0) is 10.3 Å². The smallest absolute Gasteiger partial charge is 0.260 e. The Kier molecular flexibility index (Phi) is 3.44. The van der Waals surface area contributed by atoms with Gasteiger partial charge in [-0.05, 0) is 26.0 Å². The van der Waals surface area contributed by atoms with Crippen molar-refractivity contribution in [3.05, 3.63) is 29.8 Å². The number of aromatic nitrogens is 2. The summed E-state index contributed by atoms with van der Waals surface area (Å²) < 4.78 is 18.7. The molecule has 2 rings (SSSR count). The number of hydrogen-bond donors (Lipinski definition) is 2. The van der Waals surface area contributed by atoms with Gasteiger partial charge in [-0.3, -0.25) is 4.79 Å². The number of carbonyl (C=O) groups is 1. The molecule has 20 heavy (non-hydrogen) atoms. The van der Waals surface area contributed by atoms with Crippen molar-refractivity contribution in [2.45, 2.75) is 26.3 Å². The van der Waals surface area contributed by atoms with Crippen LogP contribution >= 0.6 is 0 Å². The number of hydrogen-bond acceptors (Lipinski definition) is 5. The first-order valence-electron chi connectivity index (χ1n) is 5.91. The van der Waals surface area contributed by atoms with E-state index in [4.69, 9.17) is 9.63 Å². The molecule has 0 aliphatic heterocycles. The molecule has 0 saturated carbocycles. The van der Waals surface area contributed by atoms with Gasteiger partial charge in [0.15, 0.2) is 5.82 Å². The van der Waals surface area contributed by atoms with Gasteiger partial charge in [-0.2, -0.15) is 4.98 Å². The number of phenolic OH excluding ortho intramolecular Hbond substituents is 1. The quantitative estimate of drug-likeness (QED) is 0.896. The lowest BCUT2D eigenvalue weighted by Crippen LogP contribution is -2.40. The fraction of sp³-hybridized carbons (Fsp3) is 0.308. The lowest BCUT2D eigenvalue weighted by atomic mass is 10.1. The van der Waals surface area contributed by atoms with E-state index in [-0.39, 0.29) is 28.9 Å². The lowest BCUT2D eigenvalue weighted by Gasteiger charge is -2.20. The van der Waals surface area contributed by atoms with Crippen LogP contribution in [0.4, 0.5) is 4.39 Å². The summed E-state index contributed by atoms with van der Waals surface area (Å²) in [6.07, 6.45) is 0. The first-order valence-corrected chi connectivity index (χ1v) is 5.91. The Morgan fingerprint density at radius 1 is 1.45 bits per heavy atom. The molecule has 2 aromatic rings. The molecule has 1 aromatic heterocycles. The number of nitrogens with zero attached hydrogens (tertiary/aromatic N) is 2. The summed E-state index contributed by atoms with van der Waals surface area (Å²) in [5.41, 5.74) is -0.749. The zero-order chi connectivity index (χ0) is 14.9. The standard InChI is InChI=1S/C13H14FN3O3/c1-7(18)16-13(2,3)12-15-11(20-17-12)9-5-4-8(19)6-10(9)14/h4-6,19H,1-3H3,(H,16,18). The van der Waals surface area contributed by atoms with Crippen molar-refractivity contribution < 1.29 is 18.8 Å². The Labute approximate surface area is 114 Å². The Balaban J connectivity index is 2.35. The molecule has 0 unspecified atom stereocenters. The van der Waals surface area contributed by atoms with Crippen molar-refractivity contribution in [1.29, 1.82) is 0 Å². The zero-order valence-electron chi connectivity index (χ0n) is 11.3. The molecule has 2 N–H and O–H groups in total. The molecule has 0 bridgehead atoms. The molecule has 1 amide bonds. The predicted octanol–water partition coefficient (Wildman–Crippen LogP) is 1.95. The highest BCUT2D eigenvalue weighted by Gasteiger charge is 2.28. The third-order valence-corrected chi connectivity index (χ3v) is 2.66. The summed E-state index contributed by atoms with van der Waals surface area (Å²) >= 11 is 0. The van der Waals surface area contributed by atoms with Gasteiger partial charge in [0, 0.05) is 13.0 Å². The van der Waals surface area contributed by atoms with E-state index in [1.807, 2.05) is 0 Å². The van der Waals surface area contributed by atoms with Gasteiger partial charge in [0.05, 0.1) is 11.1 Å². The molecule has 0 radical (unpaired) electrons. The minimum absolute atomic E-state index is 0.0177. The van der Waals surface area contributed by atoms with Gasteiger partial charge in [0.25, 0.3) is 5.89 Å². The van der Waals surface area contributed by atoms with Gasteiger partial charge in [0.1, 0.15) is 11.6 Å². The maximum atomic E-state index is 13.7. The molecule has 0 fully saturated rings. The molecule has 7 heteroatoms. The number of aromatic hydroxyl groups is 1. The predicted molar refractivity (Wildman–Crippen MR) is 68.2 cm³/mol. The van der Waals surface area contributed by atoms with Crippen LogP contribution in [0.3, 0.4) is 0 Å². The molecular formula is C13H14FN3O3. The Morgan fingerprint density at radius 2 is 2.15 bits per heavy atom. The van der Waals surface area contributed by atoms with E-state index in [9.17, 15) is 9.18 Å². The average molecular weight is 279 g/mol. The molecule has 1 aromatic carbocycles. The van der Waals surface area contributed by atoms with E-state index in [0.29, 0.717) is 0 Å². The summed E-state index contributed by atoms with van der Waals surface area (Å²) in [5, 5.41) is 15.6. The second kappa shape index (κ2) is 4.92. The number of amides is 1. The minimum Gasteiger partial charge on any atom is -0.508 e. The van der Waals surface area contributed by atoms with Crippen LogP contribution in [0.2, 0.25) is 0 Å². The van der Waals surface area contributed by atoms with Crippen molar-refractivity contribution in [3.8, 4) is 17.2 Å². The molecular weight excluding hydrogens is 265 g/mol. The van der Waals surface area contributed by atoms with Crippen LogP contribution in [0, 0.1) is 5.82 Å². The molecule has 6 nitrogen and oxygen atoms in total. The van der Waals surface area contributed by atoms with Crippen LogP contribution in [0.25, 0.3) is 11.5 Å². The van der Waals surface area contributed by atoms with Crippen molar-refractivity contribution in [2.24, 2.45) is 0 Å². The summed E-state index contributed by atoms with van der Waals surface area (Å²) in [4.78, 5) is 15.2. The van der Waals surface area contributed by atoms with Crippen LogP contribution in [-0.4, -0.2) is 21.2 Å². The molecule has 1 heterocycles. The Bertz CT molecular complexity index is 652. The Morgan fingerprint density at radius 3 is 2.75 bits per heavy atom. The zero-order valence-corrected chi connectivity index (χ0v) is 11.3. The summed E-state index contributed by atoms with van der Waals surface area (Å²) in [6.45, 7) is 4.79. The fourth-order valence-electron chi connectivity index (χ4n) is 1.76. The number of carbonyl (C=O) groups excluding carboxylic acids is 1. The molecule has 0 aliphatic rings. The maximum absolute atomic E-state index is 13.7. The number of halogens is 1.